The summed E-state index contributed by atoms with van der Waals surface area (Å²) in [5.74, 6) is 0.599. The maximum atomic E-state index is 15.1. The Morgan fingerprint density at radius 3 is 2.33 bits per heavy atom. The van der Waals surface area contributed by atoms with Crippen LogP contribution in [-0.2, 0) is 25.7 Å². The lowest BCUT2D eigenvalue weighted by Gasteiger charge is -2.09. The van der Waals surface area contributed by atoms with Crippen LogP contribution in [0.15, 0.2) is 60.9 Å². The van der Waals surface area contributed by atoms with E-state index < -0.39 is 5.82 Å². The second-order valence-electron chi connectivity index (χ2n) is 7.79. The molecule has 0 aliphatic heterocycles. The number of nitrogens with zero attached hydrogens (tertiary/aromatic N) is 3. The molecule has 0 fully saturated rings. The number of ether oxygens (including phenoxy) is 1. The molecule has 0 amide bonds. The van der Waals surface area contributed by atoms with Crippen molar-refractivity contribution in [1.82, 2.24) is 9.97 Å². The van der Waals surface area contributed by atoms with Gasteiger partial charge in [0.2, 0.25) is 0 Å². The van der Waals surface area contributed by atoms with E-state index in [2.05, 4.69) is 9.97 Å². The Labute approximate surface area is 191 Å². The van der Waals surface area contributed by atoms with Gasteiger partial charge in [0, 0.05) is 11.8 Å². The van der Waals surface area contributed by atoms with Gasteiger partial charge in [0.1, 0.15) is 23.5 Å². The molecule has 166 valence electrons. The van der Waals surface area contributed by atoms with Crippen LogP contribution in [0, 0.1) is 23.0 Å². The predicted molar refractivity (Wildman–Crippen MR) is 123 cm³/mol. The Balaban J connectivity index is 1.43. The number of aromatic nitrogens is 2. The van der Waals surface area contributed by atoms with Gasteiger partial charge >= 0.3 is 0 Å². The fourth-order valence-corrected chi connectivity index (χ4v) is 3.79. The zero-order valence-electron chi connectivity index (χ0n) is 18.3. The zero-order chi connectivity index (χ0) is 23.2. The molecule has 0 unspecified atom stereocenters. The molecule has 0 aliphatic carbocycles. The number of hydrogen-bond acceptors (Lipinski definition) is 4. The highest BCUT2D eigenvalue weighted by Crippen LogP contribution is 2.24. The van der Waals surface area contributed by atoms with Crippen LogP contribution >= 0.6 is 0 Å². The molecule has 3 aromatic carbocycles. The summed E-state index contributed by atoms with van der Waals surface area (Å²) in [6, 6.07) is 15.8. The van der Waals surface area contributed by atoms with Crippen molar-refractivity contribution < 1.29 is 13.5 Å². The average Bonchev–Trinajstić information content (AvgIpc) is 2.83. The van der Waals surface area contributed by atoms with Crippen molar-refractivity contribution in [2.75, 3.05) is 6.61 Å². The van der Waals surface area contributed by atoms with E-state index in [-0.39, 0.29) is 11.4 Å². The van der Waals surface area contributed by atoms with Crippen molar-refractivity contribution >= 4 is 10.8 Å². The number of nitriles is 1. The van der Waals surface area contributed by atoms with Crippen molar-refractivity contribution in [3.8, 4) is 11.8 Å². The highest BCUT2D eigenvalue weighted by atomic mass is 19.1. The van der Waals surface area contributed by atoms with Gasteiger partial charge in [-0.1, -0.05) is 36.4 Å². The van der Waals surface area contributed by atoms with Gasteiger partial charge in [-0.25, -0.2) is 18.7 Å². The van der Waals surface area contributed by atoms with Gasteiger partial charge in [-0.2, -0.15) is 5.26 Å². The van der Waals surface area contributed by atoms with Crippen LogP contribution in [0.4, 0.5) is 8.78 Å². The quantitative estimate of drug-likeness (QED) is 0.348. The SMILES string of the molecule is CCOc1cnc(CCc2ccc3c(F)c(CCc4ccc(C#N)c(F)c4)ccc3c2)nc1. The van der Waals surface area contributed by atoms with Gasteiger partial charge in [-0.05, 0) is 60.4 Å². The zero-order valence-corrected chi connectivity index (χ0v) is 18.3. The molecule has 0 radical (unpaired) electrons. The number of aryl methyl sites for hydroxylation is 4. The third kappa shape index (κ3) is 5.32. The summed E-state index contributed by atoms with van der Waals surface area (Å²) in [5, 5.41) is 10.3. The monoisotopic (exact) mass is 443 g/mol. The van der Waals surface area contributed by atoms with Crippen molar-refractivity contribution in [3.63, 3.8) is 0 Å². The van der Waals surface area contributed by atoms with E-state index >= 15 is 4.39 Å². The topological polar surface area (TPSA) is 58.8 Å². The van der Waals surface area contributed by atoms with E-state index in [0.29, 0.717) is 42.6 Å². The second-order valence-corrected chi connectivity index (χ2v) is 7.79. The number of rotatable bonds is 8. The maximum Gasteiger partial charge on any atom is 0.155 e. The van der Waals surface area contributed by atoms with Crippen molar-refractivity contribution in [2.45, 2.75) is 32.6 Å². The van der Waals surface area contributed by atoms with E-state index in [4.69, 9.17) is 10.00 Å². The molecule has 1 heterocycles. The first-order valence-electron chi connectivity index (χ1n) is 10.9. The summed E-state index contributed by atoms with van der Waals surface area (Å²) in [7, 11) is 0. The molecule has 0 saturated carbocycles. The van der Waals surface area contributed by atoms with Gasteiger partial charge in [0.25, 0.3) is 0 Å². The first-order chi connectivity index (χ1) is 16.1. The second kappa shape index (κ2) is 10.2. The normalized spacial score (nSPS) is 10.8. The average molecular weight is 443 g/mol. The minimum atomic E-state index is -0.544. The van der Waals surface area contributed by atoms with Crippen LogP contribution in [0.3, 0.4) is 0 Å². The molecule has 0 saturated heterocycles. The molecule has 0 spiro atoms. The molecular weight excluding hydrogens is 420 g/mol. The summed E-state index contributed by atoms with van der Waals surface area (Å²) in [4.78, 5) is 8.65. The van der Waals surface area contributed by atoms with Crippen LogP contribution in [-0.4, -0.2) is 16.6 Å². The number of hydrogen-bond donors (Lipinski definition) is 0. The third-order valence-corrected chi connectivity index (χ3v) is 5.57. The first kappa shape index (κ1) is 22.3. The molecule has 4 nitrogen and oxygen atoms in total. The Bertz CT molecular complexity index is 1310. The number of benzene rings is 3. The molecule has 0 N–H and O–H groups in total. The minimum Gasteiger partial charge on any atom is -0.491 e. The molecule has 4 rings (SSSR count). The van der Waals surface area contributed by atoms with Crippen LogP contribution in [0.5, 0.6) is 5.75 Å². The van der Waals surface area contributed by atoms with Crippen molar-refractivity contribution in [1.29, 1.82) is 5.26 Å². The molecular formula is C27H23F2N3O. The minimum absolute atomic E-state index is 0.0144. The van der Waals surface area contributed by atoms with Crippen LogP contribution in [0.25, 0.3) is 10.8 Å². The van der Waals surface area contributed by atoms with E-state index in [1.54, 1.807) is 24.5 Å². The fourth-order valence-electron chi connectivity index (χ4n) is 3.79. The van der Waals surface area contributed by atoms with Gasteiger partial charge in [-0.3, -0.25) is 0 Å². The van der Waals surface area contributed by atoms with Crippen LogP contribution in [0.2, 0.25) is 0 Å². The summed E-state index contributed by atoms with van der Waals surface area (Å²) >= 11 is 0. The maximum absolute atomic E-state index is 15.1. The summed E-state index contributed by atoms with van der Waals surface area (Å²) in [5.41, 5.74) is 2.42. The highest BCUT2D eigenvalue weighted by Gasteiger charge is 2.10. The smallest absolute Gasteiger partial charge is 0.155 e. The van der Waals surface area contributed by atoms with Gasteiger partial charge in [0.05, 0.1) is 24.6 Å². The van der Waals surface area contributed by atoms with Gasteiger partial charge in [-0.15, -0.1) is 0 Å². The lowest BCUT2D eigenvalue weighted by molar-refractivity contribution is 0.337. The lowest BCUT2D eigenvalue weighted by atomic mass is 9.98. The Morgan fingerprint density at radius 1 is 0.879 bits per heavy atom. The molecule has 4 aromatic rings. The summed E-state index contributed by atoms with van der Waals surface area (Å²) < 4.78 is 34.3. The highest BCUT2D eigenvalue weighted by molar-refractivity contribution is 5.84. The van der Waals surface area contributed by atoms with Crippen molar-refractivity contribution in [3.05, 3.63) is 101 Å². The van der Waals surface area contributed by atoms with E-state index in [9.17, 15) is 4.39 Å². The van der Waals surface area contributed by atoms with E-state index in [1.807, 2.05) is 37.3 Å². The number of halogens is 2. The van der Waals surface area contributed by atoms with E-state index in [1.165, 1.54) is 12.1 Å². The van der Waals surface area contributed by atoms with Gasteiger partial charge < -0.3 is 4.74 Å². The lowest BCUT2D eigenvalue weighted by Crippen LogP contribution is -2.00. The van der Waals surface area contributed by atoms with Gasteiger partial charge in [0.15, 0.2) is 5.75 Å². The Hall–Kier alpha value is -3.85. The Morgan fingerprint density at radius 2 is 1.61 bits per heavy atom. The first-order valence-corrected chi connectivity index (χ1v) is 10.9. The number of fused-ring (bicyclic) bond motifs is 1. The molecule has 6 heteroatoms. The Kier molecular flexibility index (Phi) is 6.89. The van der Waals surface area contributed by atoms with Crippen LogP contribution in [0.1, 0.15) is 35.0 Å². The molecule has 0 bridgehead atoms. The summed E-state index contributed by atoms with van der Waals surface area (Å²) in [6.45, 7) is 2.49. The molecule has 33 heavy (non-hydrogen) atoms. The van der Waals surface area contributed by atoms with Crippen molar-refractivity contribution in [2.24, 2.45) is 0 Å². The largest absolute Gasteiger partial charge is 0.491 e. The molecule has 0 aliphatic rings. The predicted octanol–water partition coefficient (Wildman–Crippen LogP) is 5.75. The van der Waals surface area contributed by atoms with Crippen LogP contribution < -0.4 is 4.74 Å². The fraction of sp³-hybridized carbons (Fsp3) is 0.222. The summed E-state index contributed by atoms with van der Waals surface area (Å²) in [6.07, 6.45) is 5.72. The molecule has 1 aromatic heterocycles. The standard InChI is InChI=1S/C27H23F2N3O/c1-2-33-23-16-31-26(32-17-23)12-6-18-5-11-24-21(13-18)10-9-20(27(24)29)7-3-19-4-8-22(15-30)25(28)14-19/h4-5,8-11,13-14,16-17H,2-3,6-7,12H2,1H3. The van der Waals surface area contributed by atoms with E-state index in [0.717, 1.165) is 28.8 Å². The third-order valence-electron chi connectivity index (χ3n) is 5.57. The molecule has 0 atom stereocenters.